The number of hydrogen-bond donors (Lipinski definition) is 1. The SMILES string of the molecule is NC(=O)C1CCC1c1ccccc1. The van der Waals surface area contributed by atoms with Crippen molar-refractivity contribution < 1.29 is 4.79 Å². The van der Waals surface area contributed by atoms with E-state index in [1.165, 1.54) is 5.56 Å². The van der Waals surface area contributed by atoms with E-state index >= 15 is 0 Å². The molecule has 1 amide bonds. The summed E-state index contributed by atoms with van der Waals surface area (Å²) in [5.41, 5.74) is 6.53. The highest BCUT2D eigenvalue weighted by molar-refractivity contribution is 5.78. The molecule has 1 fully saturated rings. The van der Waals surface area contributed by atoms with Crippen molar-refractivity contribution in [3.8, 4) is 0 Å². The van der Waals surface area contributed by atoms with Gasteiger partial charge in [0.25, 0.3) is 0 Å². The molecule has 13 heavy (non-hydrogen) atoms. The number of carbonyl (C=O) groups excluding carboxylic acids is 1. The van der Waals surface area contributed by atoms with Crippen LogP contribution in [0.15, 0.2) is 30.3 Å². The standard InChI is InChI=1S/C11H13NO/c12-11(13)10-7-6-9(10)8-4-2-1-3-5-8/h1-5,9-10H,6-7H2,(H2,12,13). The summed E-state index contributed by atoms with van der Waals surface area (Å²) in [5.74, 6) is 0.293. The normalized spacial score (nSPS) is 26.5. The first-order valence-electron chi connectivity index (χ1n) is 4.63. The van der Waals surface area contributed by atoms with E-state index in [4.69, 9.17) is 5.73 Å². The average Bonchev–Trinajstić information content (AvgIpc) is 2.02. The van der Waals surface area contributed by atoms with E-state index in [0.717, 1.165) is 12.8 Å². The van der Waals surface area contributed by atoms with Crippen molar-refractivity contribution in [2.45, 2.75) is 18.8 Å². The molecule has 0 aliphatic heterocycles. The molecule has 1 aromatic rings. The second-order valence-corrected chi connectivity index (χ2v) is 3.60. The molecular formula is C11H13NO. The fraction of sp³-hybridized carbons (Fsp3) is 0.364. The van der Waals surface area contributed by atoms with Gasteiger partial charge in [0.2, 0.25) is 5.91 Å². The Morgan fingerprint density at radius 3 is 2.38 bits per heavy atom. The quantitative estimate of drug-likeness (QED) is 0.730. The second kappa shape index (κ2) is 3.21. The molecular weight excluding hydrogens is 162 g/mol. The van der Waals surface area contributed by atoms with E-state index in [2.05, 4.69) is 12.1 Å². The van der Waals surface area contributed by atoms with Gasteiger partial charge < -0.3 is 5.73 Å². The Balaban J connectivity index is 2.15. The zero-order valence-electron chi connectivity index (χ0n) is 7.44. The molecule has 1 aliphatic carbocycles. The molecule has 0 saturated heterocycles. The number of rotatable bonds is 2. The van der Waals surface area contributed by atoms with Crippen LogP contribution < -0.4 is 5.73 Å². The van der Waals surface area contributed by atoms with Crippen LogP contribution in [0.5, 0.6) is 0 Å². The highest BCUT2D eigenvalue weighted by Gasteiger charge is 2.35. The van der Waals surface area contributed by atoms with Crippen LogP contribution in [0, 0.1) is 5.92 Å². The van der Waals surface area contributed by atoms with Crippen molar-refractivity contribution in [1.82, 2.24) is 0 Å². The molecule has 2 heteroatoms. The van der Waals surface area contributed by atoms with Crippen LogP contribution in [0.4, 0.5) is 0 Å². The van der Waals surface area contributed by atoms with Crippen molar-refractivity contribution in [2.24, 2.45) is 11.7 Å². The lowest BCUT2D eigenvalue weighted by molar-refractivity contribution is -0.125. The Morgan fingerprint density at radius 1 is 1.23 bits per heavy atom. The summed E-state index contributed by atoms with van der Waals surface area (Å²) in [7, 11) is 0. The third-order valence-electron chi connectivity index (χ3n) is 2.87. The molecule has 2 atom stereocenters. The molecule has 2 N–H and O–H groups in total. The van der Waals surface area contributed by atoms with Gasteiger partial charge in [0.1, 0.15) is 0 Å². The van der Waals surface area contributed by atoms with Gasteiger partial charge in [-0.25, -0.2) is 0 Å². The van der Waals surface area contributed by atoms with Gasteiger partial charge in [-0.3, -0.25) is 4.79 Å². The Kier molecular flexibility index (Phi) is 2.05. The minimum atomic E-state index is -0.153. The number of primary amides is 1. The Hall–Kier alpha value is -1.31. The molecule has 2 rings (SSSR count). The number of amides is 1. The summed E-state index contributed by atoms with van der Waals surface area (Å²) in [6, 6.07) is 10.1. The van der Waals surface area contributed by atoms with Crippen LogP contribution in [0.2, 0.25) is 0 Å². The lowest BCUT2D eigenvalue weighted by Crippen LogP contribution is -2.35. The predicted octanol–water partition coefficient (Wildman–Crippen LogP) is 1.67. The first kappa shape index (κ1) is 8.30. The Labute approximate surface area is 77.8 Å². The molecule has 68 valence electrons. The van der Waals surface area contributed by atoms with Crippen molar-refractivity contribution in [3.63, 3.8) is 0 Å². The minimum absolute atomic E-state index is 0.0717. The van der Waals surface area contributed by atoms with Gasteiger partial charge in [-0.15, -0.1) is 0 Å². The van der Waals surface area contributed by atoms with Crippen LogP contribution >= 0.6 is 0 Å². The zero-order valence-corrected chi connectivity index (χ0v) is 7.44. The molecule has 1 saturated carbocycles. The van der Waals surface area contributed by atoms with Crippen LogP contribution in [0.25, 0.3) is 0 Å². The van der Waals surface area contributed by atoms with Crippen molar-refractivity contribution in [2.75, 3.05) is 0 Å². The average molecular weight is 175 g/mol. The van der Waals surface area contributed by atoms with E-state index in [1.807, 2.05) is 18.2 Å². The molecule has 1 aromatic carbocycles. The van der Waals surface area contributed by atoms with Crippen molar-refractivity contribution >= 4 is 5.91 Å². The lowest BCUT2D eigenvalue weighted by atomic mass is 9.70. The maximum absolute atomic E-state index is 11.0. The molecule has 2 nitrogen and oxygen atoms in total. The largest absolute Gasteiger partial charge is 0.369 e. The molecule has 1 aliphatic rings. The Bertz CT molecular complexity index is 307. The van der Waals surface area contributed by atoms with Crippen LogP contribution in [-0.2, 0) is 4.79 Å². The van der Waals surface area contributed by atoms with Gasteiger partial charge in [-0.1, -0.05) is 30.3 Å². The molecule has 0 bridgehead atoms. The van der Waals surface area contributed by atoms with E-state index in [9.17, 15) is 4.79 Å². The fourth-order valence-electron chi connectivity index (χ4n) is 1.94. The molecule has 0 aromatic heterocycles. The van der Waals surface area contributed by atoms with Gasteiger partial charge in [0.05, 0.1) is 0 Å². The second-order valence-electron chi connectivity index (χ2n) is 3.60. The van der Waals surface area contributed by atoms with Gasteiger partial charge in [0, 0.05) is 5.92 Å². The summed E-state index contributed by atoms with van der Waals surface area (Å²) in [5, 5.41) is 0. The first-order valence-corrected chi connectivity index (χ1v) is 4.63. The summed E-state index contributed by atoms with van der Waals surface area (Å²) in [6.07, 6.45) is 2.05. The topological polar surface area (TPSA) is 43.1 Å². The van der Waals surface area contributed by atoms with Gasteiger partial charge in [-0.2, -0.15) is 0 Å². The molecule has 0 radical (unpaired) electrons. The summed E-state index contributed by atoms with van der Waals surface area (Å²) in [4.78, 5) is 11.0. The fourth-order valence-corrected chi connectivity index (χ4v) is 1.94. The molecule has 0 spiro atoms. The van der Waals surface area contributed by atoms with Crippen molar-refractivity contribution in [3.05, 3.63) is 35.9 Å². The zero-order chi connectivity index (χ0) is 9.26. The minimum Gasteiger partial charge on any atom is -0.369 e. The van der Waals surface area contributed by atoms with E-state index < -0.39 is 0 Å². The number of nitrogens with two attached hydrogens (primary N) is 1. The van der Waals surface area contributed by atoms with E-state index in [-0.39, 0.29) is 11.8 Å². The van der Waals surface area contributed by atoms with Gasteiger partial charge >= 0.3 is 0 Å². The van der Waals surface area contributed by atoms with Gasteiger partial charge in [0.15, 0.2) is 0 Å². The van der Waals surface area contributed by atoms with Crippen molar-refractivity contribution in [1.29, 1.82) is 0 Å². The van der Waals surface area contributed by atoms with E-state index in [0.29, 0.717) is 5.92 Å². The highest BCUT2D eigenvalue weighted by atomic mass is 16.1. The Morgan fingerprint density at radius 2 is 1.92 bits per heavy atom. The number of carbonyl (C=O) groups is 1. The van der Waals surface area contributed by atoms with Crippen LogP contribution in [0.3, 0.4) is 0 Å². The van der Waals surface area contributed by atoms with Crippen LogP contribution in [-0.4, -0.2) is 5.91 Å². The molecule has 0 heterocycles. The third-order valence-corrected chi connectivity index (χ3v) is 2.87. The highest BCUT2D eigenvalue weighted by Crippen LogP contribution is 2.41. The molecule has 2 unspecified atom stereocenters. The smallest absolute Gasteiger partial charge is 0.221 e. The lowest BCUT2D eigenvalue weighted by Gasteiger charge is -2.34. The first-order chi connectivity index (χ1) is 6.29. The summed E-state index contributed by atoms with van der Waals surface area (Å²) >= 11 is 0. The third kappa shape index (κ3) is 1.44. The predicted molar refractivity (Wildman–Crippen MR) is 51.1 cm³/mol. The van der Waals surface area contributed by atoms with Gasteiger partial charge in [-0.05, 0) is 24.3 Å². The maximum Gasteiger partial charge on any atom is 0.221 e. The maximum atomic E-state index is 11.0. The summed E-state index contributed by atoms with van der Waals surface area (Å²) in [6.45, 7) is 0. The summed E-state index contributed by atoms with van der Waals surface area (Å²) < 4.78 is 0. The van der Waals surface area contributed by atoms with E-state index in [1.54, 1.807) is 0 Å². The monoisotopic (exact) mass is 175 g/mol. The number of benzene rings is 1. The van der Waals surface area contributed by atoms with Crippen LogP contribution in [0.1, 0.15) is 24.3 Å². The number of hydrogen-bond acceptors (Lipinski definition) is 1.